The molecular weight excluding hydrogens is 232 g/mol. The molecule has 2 rings (SSSR count). The predicted molar refractivity (Wildman–Crippen MR) is 80.3 cm³/mol. The predicted octanol–water partition coefficient (Wildman–Crippen LogP) is 4.39. The molecule has 0 heterocycles. The van der Waals surface area contributed by atoms with Crippen molar-refractivity contribution in [2.75, 3.05) is 0 Å². The van der Waals surface area contributed by atoms with E-state index >= 15 is 0 Å². The van der Waals surface area contributed by atoms with E-state index in [-0.39, 0.29) is 5.41 Å². The van der Waals surface area contributed by atoms with Crippen LogP contribution in [0.2, 0.25) is 0 Å². The van der Waals surface area contributed by atoms with Gasteiger partial charge in [-0.2, -0.15) is 0 Å². The van der Waals surface area contributed by atoms with E-state index in [9.17, 15) is 4.79 Å². The summed E-state index contributed by atoms with van der Waals surface area (Å²) in [4.78, 5) is 10.7. The van der Waals surface area contributed by atoms with E-state index in [1.807, 2.05) is 18.2 Å². The maximum absolute atomic E-state index is 10.7. The van der Waals surface area contributed by atoms with Crippen molar-refractivity contribution in [1.29, 1.82) is 0 Å². The van der Waals surface area contributed by atoms with Gasteiger partial charge in [0.25, 0.3) is 0 Å². The molecule has 0 atom stereocenters. The van der Waals surface area contributed by atoms with Gasteiger partial charge in [-0.1, -0.05) is 69.3 Å². The smallest absolute Gasteiger partial charge is 0.124 e. The molecule has 0 aliphatic heterocycles. The summed E-state index contributed by atoms with van der Waals surface area (Å²) < 4.78 is 0. The molecule has 19 heavy (non-hydrogen) atoms. The van der Waals surface area contributed by atoms with Crippen molar-refractivity contribution in [1.82, 2.24) is 0 Å². The van der Waals surface area contributed by atoms with Gasteiger partial charge in [-0.05, 0) is 27.7 Å². The fourth-order valence-electron chi connectivity index (χ4n) is 2.22. The summed E-state index contributed by atoms with van der Waals surface area (Å²) in [6.45, 7) is 6.63. The average Bonchev–Trinajstić information content (AvgIpc) is 2.39. The average molecular weight is 252 g/mol. The molecular formula is C18H20O. The van der Waals surface area contributed by atoms with Crippen LogP contribution in [0.4, 0.5) is 0 Å². The van der Waals surface area contributed by atoms with Gasteiger partial charge in [0.2, 0.25) is 0 Å². The monoisotopic (exact) mass is 252 g/mol. The van der Waals surface area contributed by atoms with Crippen molar-refractivity contribution in [3.63, 3.8) is 0 Å². The van der Waals surface area contributed by atoms with Crippen molar-refractivity contribution in [2.24, 2.45) is 0 Å². The lowest BCUT2D eigenvalue weighted by Crippen LogP contribution is -2.10. The van der Waals surface area contributed by atoms with E-state index in [1.165, 1.54) is 11.1 Å². The first kappa shape index (κ1) is 13.5. The lowest BCUT2D eigenvalue weighted by atomic mass is 9.86. The number of hydrogen-bond donors (Lipinski definition) is 0. The molecule has 0 amide bonds. The number of aldehydes is 1. The fourth-order valence-corrected chi connectivity index (χ4v) is 2.22. The molecule has 0 radical (unpaired) electrons. The van der Waals surface area contributed by atoms with Crippen LogP contribution < -0.4 is 0 Å². The Morgan fingerprint density at radius 1 is 0.947 bits per heavy atom. The van der Waals surface area contributed by atoms with Crippen molar-refractivity contribution in [2.45, 2.75) is 32.6 Å². The number of benzene rings is 2. The second-order valence-electron chi connectivity index (χ2n) is 5.86. The summed E-state index contributed by atoms with van der Waals surface area (Å²) in [7, 11) is 0. The van der Waals surface area contributed by atoms with Gasteiger partial charge in [-0.15, -0.1) is 0 Å². The molecule has 0 saturated carbocycles. The maximum Gasteiger partial charge on any atom is 0.124 e. The van der Waals surface area contributed by atoms with Crippen molar-refractivity contribution in [3.05, 3.63) is 59.7 Å². The SMILES string of the molecule is CC(C)(C)c1ccc(-c2ccccc2CC=O)cc1. The summed E-state index contributed by atoms with van der Waals surface area (Å²) in [6, 6.07) is 16.7. The standard InChI is InChI=1S/C18H20O/c1-18(2,3)16-10-8-15(9-11-16)17-7-5-4-6-14(17)12-13-19/h4-11,13H,12H2,1-3H3. The third-order valence-electron chi connectivity index (χ3n) is 3.38. The van der Waals surface area contributed by atoms with Crippen LogP contribution in [0.25, 0.3) is 11.1 Å². The molecule has 0 aliphatic rings. The van der Waals surface area contributed by atoms with Gasteiger partial charge in [0.1, 0.15) is 6.29 Å². The first-order valence-corrected chi connectivity index (χ1v) is 6.65. The summed E-state index contributed by atoms with van der Waals surface area (Å²) in [5.41, 5.74) is 4.89. The Hall–Kier alpha value is -1.89. The molecule has 98 valence electrons. The molecule has 0 aromatic heterocycles. The van der Waals surface area contributed by atoms with Gasteiger partial charge in [0.05, 0.1) is 0 Å². The van der Waals surface area contributed by atoms with Gasteiger partial charge in [0.15, 0.2) is 0 Å². The van der Waals surface area contributed by atoms with Crippen LogP contribution in [0.5, 0.6) is 0 Å². The summed E-state index contributed by atoms with van der Waals surface area (Å²) >= 11 is 0. The van der Waals surface area contributed by atoms with Crippen LogP contribution in [0, 0.1) is 0 Å². The van der Waals surface area contributed by atoms with Gasteiger partial charge in [-0.25, -0.2) is 0 Å². The first-order valence-electron chi connectivity index (χ1n) is 6.65. The molecule has 0 fully saturated rings. The van der Waals surface area contributed by atoms with E-state index in [1.54, 1.807) is 0 Å². The number of carbonyl (C=O) groups is 1. The Morgan fingerprint density at radius 2 is 1.58 bits per heavy atom. The summed E-state index contributed by atoms with van der Waals surface area (Å²) in [5, 5.41) is 0. The maximum atomic E-state index is 10.7. The minimum absolute atomic E-state index is 0.168. The van der Waals surface area contributed by atoms with Crippen LogP contribution in [0.15, 0.2) is 48.5 Å². The molecule has 0 aliphatic carbocycles. The minimum Gasteiger partial charge on any atom is -0.303 e. The lowest BCUT2D eigenvalue weighted by molar-refractivity contribution is -0.107. The molecule has 0 unspecified atom stereocenters. The largest absolute Gasteiger partial charge is 0.303 e. The second-order valence-corrected chi connectivity index (χ2v) is 5.86. The van der Waals surface area contributed by atoms with Crippen molar-refractivity contribution in [3.8, 4) is 11.1 Å². The van der Waals surface area contributed by atoms with Crippen LogP contribution >= 0.6 is 0 Å². The highest BCUT2D eigenvalue weighted by Gasteiger charge is 2.13. The normalized spacial score (nSPS) is 11.3. The van der Waals surface area contributed by atoms with Crippen LogP contribution in [0.3, 0.4) is 0 Å². The highest BCUT2D eigenvalue weighted by atomic mass is 16.1. The summed E-state index contributed by atoms with van der Waals surface area (Å²) in [5.74, 6) is 0. The highest BCUT2D eigenvalue weighted by Crippen LogP contribution is 2.28. The number of hydrogen-bond acceptors (Lipinski definition) is 1. The second kappa shape index (κ2) is 5.40. The molecule has 0 spiro atoms. The van der Waals surface area contributed by atoms with Crippen molar-refractivity contribution >= 4 is 6.29 Å². The third-order valence-corrected chi connectivity index (χ3v) is 3.38. The van der Waals surface area contributed by atoms with E-state index in [0.717, 1.165) is 17.4 Å². The Balaban J connectivity index is 2.40. The first-order chi connectivity index (χ1) is 9.02. The lowest BCUT2D eigenvalue weighted by Gasteiger charge is -2.19. The van der Waals surface area contributed by atoms with Gasteiger partial charge >= 0.3 is 0 Å². The number of rotatable bonds is 3. The zero-order valence-electron chi connectivity index (χ0n) is 11.8. The zero-order valence-corrected chi connectivity index (χ0v) is 11.8. The summed E-state index contributed by atoms with van der Waals surface area (Å²) in [6.07, 6.45) is 1.43. The molecule has 0 saturated heterocycles. The zero-order chi connectivity index (χ0) is 13.9. The molecule has 0 bridgehead atoms. The highest BCUT2D eigenvalue weighted by molar-refractivity contribution is 5.71. The van der Waals surface area contributed by atoms with Gasteiger partial charge in [0, 0.05) is 6.42 Å². The Kier molecular flexibility index (Phi) is 3.84. The van der Waals surface area contributed by atoms with Gasteiger partial charge < -0.3 is 4.79 Å². The van der Waals surface area contributed by atoms with Crippen LogP contribution in [-0.2, 0) is 16.6 Å². The Labute approximate surface area is 115 Å². The van der Waals surface area contributed by atoms with Crippen molar-refractivity contribution < 1.29 is 4.79 Å². The molecule has 1 nitrogen and oxygen atoms in total. The van der Waals surface area contributed by atoms with E-state index in [0.29, 0.717) is 6.42 Å². The molecule has 0 N–H and O–H groups in total. The van der Waals surface area contributed by atoms with E-state index in [4.69, 9.17) is 0 Å². The van der Waals surface area contributed by atoms with E-state index in [2.05, 4.69) is 51.1 Å². The topological polar surface area (TPSA) is 17.1 Å². The van der Waals surface area contributed by atoms with Gasteiger partial charge in [-0.3, -0.25) is 0 Å². The molecule has 2 aromatic rings. The Bertz CT molecular complexity index is 559. The van der Waals surface area contributed by atoms with Crippen LogP contribution in [-0.4, -0.2) is 6.29 Å². The van der Waals surface area contributed by atoms with E-state index < -0.39 is 0 Å². The molecule has 2 aromatic carbocycles. The quantitative estimate of drug-likeness (QED) is 0.740. The third kappa shape index (κ3) is 3.11. The number of carbonyl (C=O) groups excluding carboxylic acids is 1. The Morgan fingerprint density at radius 3 is 2.16 bits per heavy atom. The fraction of sp³-hybridized carbons (Fsp3) is 0.278. The molecule has 1 heteroatoms. The minimum atomic E-state index is 0.168. The van der Waals surface area contributed by atoms with Crippen LogP contribution in [0.1, 0.15) is 31.9 Å².